The van der Waals surface area contributed by atoms with Gasteiger partial charge in [-0.3, -0.25) is 9.59 Å². The van der Waals surface area contributed by atoms with Crippen LogP contribution in [0.2, 0.25) is 0 Å². The summed E-state index contributed by atoms with van der Waals surface area (Å²) in [6.07, 6.45) is 1.46. The number of carbonyl (C=O) groups is 3. The van der Waals surface area contributed by atoms with Crippen LogP contribution >= 0.6 is 0 Å². The Kier molecular flexibility index (Phi) is 5.10. The molecule has 1 saturated heterocycles. The third-order valence-corrected chi connectivity index (χ3v) is 6.23. The van der Waals surface area contributed by atoms with Crippen molar-refractivity contribution < 1.29 is 23.9 Å². The van der Waals surface area contributed by atoms with Crippen LogP contribution in [0, 0.1) is 13.8 Å². The molecule has 0 aliphatic carbocycles. The largest absolute Gasteiger partial charge is 0.486 e. The van der Waals surface area contributed by atoms with E-state index in [0.717, 1.165) is 11.1 Å². The lowest BCUT2D eigenvalue weighted by Gasteiger charge is -2.44. The SMILES string of the molecule is COC(=O)c1ccccc1C(=O)N1CCC2(CC1)CC(=O)c1cc(C)c(C)cc1O2. The monoisotopic (exact) mass is 407 g/mol. The third-order valence-electron chi connectivity index (χ3n) is 6.23. The van der Waals surface area contributed by atoms with Crippen LogP contribution in [0.15, 0.2) is 36.4 Å². The maximum absolute atomic E-state index is 13.1. The molecule has 1 amide bonds. The molecule has 156 valence electrons. The number of ketones is 1. The lowest BCUT2D eigenvalue weighted by molar-refractivity contribution is -0.00585. The summed E-state index contributed by atoms with van der Waals surface area (Å²) in [5.41, 5.74) is 2.82. The van der Waals surface area contributed by atoms with Gasteiger partial charge in [-0.25, -0.2) is 4.79 Å². The maximum atomic E-state index is 13.1. The molecular weight excluding hydrogens is 382 g/mol. The van der Waals surface area contributed by atoms with Crippen LogP contribution < -0.4 is 4.74 Å². The molecule has 6 heteroatoms. The van der Waals surface area contributed by atoms with E-state index in [1.54, 1.807) is 29.2 Å². The van der Waals surface area contributed by atoms with Gasteiger partial charge in [-0.15, -0.1) is 0 Å². The number of nitrogens with zero attached hydrogens (tertiary/aromatic N) is 1. The Hall–Kier alpha value is -3.15. The minimum Gasteiger partial charge on any atom is -0.486 e. The van der Waals surface area contributed by atoms with Gasteiger partial charge < -0.3 is 14.4 Å². The maximum Gasteiger partial charge on any atom is 0.338 e. The summed E-state index contributed by atoms with van der Waals surface area (Å²) >= 11 is 0. The molecule has 2 aliphatic heterocycles. The Morgan fingerprint density at radius 2 is 1.67 bits per heavy atom. The zero-order chi connectivity index (χ0) is 21.5. The number of piperidine rings is 1. The average Bonchev–Trinajstić information content (AvgIpc) is 2.75. The van der Waals surface area contributed by atoms with Gasteiger partial charge in [-0.05, 0) is 49.2 Å². The molecule has 2 aliphatic rings. The molecule has 2 aromatic carbocycles. The highest BCUT2D eigenvalue weighted by molar-refractivity contribution is 6.05. The van der Waals surface area contributed by atoms with E-state index in [1.807, 2.05) is 26.0 Å². The van der Waals surface area contributed by atoms with Crippen LogP contribution in [-0.2, 0) is 4.74 Å². The van der Waals surface area contributed by atoms with Gasteiger partial charge in [0.1, 0.15) is 11.4 Å². The fraction of sp³-hybridized carbons (Fsp3) is 0.375. The Morgan fingerprint density at radius 3 is 2.33 bits per heavy atom. The van der Waals surface area contributed by atoms with Gasteiger partial charge in [-0.2, -0.15) is 0 Å². The summed E-state index contributed by atoms with van der Waals surface area (Å²) < 4.78 is 11.1. The van der Waals surface area contributed by atoms with Crippen LogP contribution in [0.1, 0.15) is 61.5 Å². The normalized spacial score (nSPS) is 17.3. The summed E-state index contributed by atoms with van der Waals surface area (Å²) in [5.74, 6) is -0.00362. The molecule has 0 unspecified atom stereocenters. The van der Waals surface area contributed by atoms with Crippen molar-refractivity contribution in [3.63, 3.8) is 0 Å². The van der Waals surface area contributed by atoms with Gasteiger partial charge in [-0.1, -0.05) is 12.1 Å². The van der Waals surface area contributed by atoms with Crippen LogP contribution in [0.25, 0.3) is 0 Å². The molecule has 30 heavy (non-hydrogen) atoms. The highest BCUT2D eigenvalue weighted by Crippen LogP contribution is 2.40. The lowest BCUT2D eigenvalue weighted by atomic mass is 9.81. The molecule has 6 nitrogen and oxygen atoms in total. The molecule has 1 spiro atoms. The third kappa shape index (κ3) is 3.47. The number of hydrogen-bond donors (Lipinski definition) is 0. The van der Waals surface area contributed by atoms with Crippen molar-refractivity contribution >= 4 is 17.7 Å². The smallest absolute Gasteiger partial charge is 0.338 e. The number of carbonyl (C=O) groups excluding carboxylic acids is 3. The molecule has 2 aromatic rings. The second-order valence-corrected chi connectivity index (χ2v) is 8.15. The first-order valence-electron chi connectivity index (χ1n) is 10.1. The summed E-state index contributed by atoms with van der Waals surface area (Å²) in [6.45, 7) is 4.91. The second-order valence-electron chi connectivity index (χ2n) is 8.15. The number of hydrogen-bond acceptors (Lipinski definition) is 5. The number of amides is 1. The number of likely N-dealkylation sites (tertiary alicyclic amines) is 1. The van der Waals surface area contributed by atoms with Crippen LogP contribution in [-0.4, -0.2) is 48.4 Å². The first-order chi connectivity index (χ1) is 14.3. The van der Waals surface area contributed by atoms with E-state index in [-0.39, 0.29) is 17.3 Å². The summed E-state index contributed by atoms with van der Waals surface area (Å²) in [5, 5.41) is 0. The van der Waals surface area contributed by atoms with Crippen molar-refractivity contribution in [2.24, 2.45) is 0 Å². The van der Waals surface area contributed by atoms with Gasteiger partial charge in [0.2, 0.25) is 0 Å². The average molecular weight is 407 g/mol. The highest BCUT2D eigenvalue weighted by atomic mass is 16.5. The van der Waals surface area contributed by atoms with E-state index in [9.17, 15) is 14.4 Å². The number of benzene rings is 2. The number of fused-ring (bicyclic) bond motifs is 1. The number of ether oxygens (including phenoxy) is 2. The number of aryl methyl sites for hydroxylation is 2. The molecule has 0 N–H and O–H groups in total. The van der Waals surface area contributed by atoms with Crippen LogP contribution in [0.3, 0.4) is 0 Å². The number of methoxy groups -OCH3 is 1. The predicted molar refractivity (Wildman–Crippen MR) is 111 cm³/mol. The molecule has 0 aromatic heterocycles. The molecule has 0 bridgehead atoms. The predicted octanol–water partition coefficient (Wildman–Crippen LogP) is 3.73. The quantitative estimate of drug-likeness (QED) is 0.710. The van der Waals surface area contributed by atoms with E-state index >= 15 is 0 Å². The van der Waals surface area contributed by atoms with Gasteiger partial charge in [0.15, 0.2) is 5.78 Å². The molecule has 1 fully saturated rings. The van der Waals surface area contributed by atoms with Gasteiger partial charge in [0, 0.05) is 25.9 Å². The lowest BCUT2D eigenvalue weighted by Crippen LogP contribution is -2.52. The van der Waals surface area contributed by atoms with Crippen molar-refractivity contribution in [2.45, 2.75) is 38.7 Å². The Bertz CT molecular complexity index is 1030. The number of esters is 1. The zero-order valence-electron chi connectivity index (χ0n) is 17.5. The van der Waals surface area contributed by atoms with Crippen molar-refractivity contribution in [1.29, 1.82) is 0 Å². The molecule has 0 saturated carbocycles. The molecule has 4 rings (SSSR count). The summed E-state index contributed by atoms with van der Waals surface area (Å²) in [7, 11) is 1.30. The van der Waals surface area contributed by atoms with Crippen LogP contribution in [0.4, 0.5) is 0 Å². The number of rotatable bonds is 2. The molecular formula is C24H25NO5. The van der Waals surface area contributed by atoms with E-state index < -0.39 is 11.6 Å². The summed E-state index contributed by atoms with van der Waals surface area (Å²) in [4.78, 5) is 39.6. The van der Waals surface area contributed by atoms with Crippen molar-refractivity contribution in [2.75, 3.05) is 20.2 Å². The van der Waals surface area contributed by atoms with Gasteiger partial charge in [0.25, 0.3) is 5.91 Å². The minimum absolute atomic E-state index is 0.0927. The Balaban J connectivity index is 1.52. The second kappa shape index (κ2) is 7.59. The van der Waals surface area contributed by atoms with Crippen molar-refractivity contribution in [1.82, 2.24) is 4.90 Å². The fourth-order valence-electron chi connectivity index (χ4n) is 4.27. The van der Waals surface area contributed by atoms with E-state index in [1.165, 1.54) is 7.11 Å². The van der Waals surface area contributed by atoms with Gasteiger partial charge >= 0.3 is 5.97 Å². The molecule has 2 heterocycles. The van der Waals surface area contributed by atoms with E-state index in [4.69, 9.17) is 9.47 Å². The number of Topliss-reactive ketones (excluding diaryl/α,β-unsaturated/α-hetero) is 1. The standard InChI is InChI=1S/C24H25NO5/c1-15-12-19-20(26)14-24(30-21(19)13-16(15)2)8-10-25(11-9-24)22(27)17-6-4-5-7-18(17)23(28)29-3/h4-7,12-13H,8-11,14H2,1-3H3. The zero-order valence-corrected chi connectivity index (χ0v) is 17.5. The Labute approximate surface area is 175 Å². The van der Waals surface area contributed by atoms with Gasteiger partial charge in [0.05, 0.1) is 30.2 Å². The topological polar surface area (TPSA) is 72.9 Å². The summed E-state index contributed by atoms with van der Waals surface area (Å²) in [6, 6.07) is 10.5. The fourth-order valence-corrected chi connectivity index (χ4v) is 4.27. The van der Waals surface area contributed by atoms with Crippen molar-refractivity contribution in [3.05, 3.63) is 64.2 Å². The molecule has 0 atom stereocenters. The first kappa shape index (κ1) is 20.1. The van der Waals surface area contributed by atoms with Crippen LogP contribution in [0.5, 0.6) is 5.75 Å². The van der Waals surface area contributed by atoms with E-state index in [2.05, 4.69) is 0 Å². The highest BCUT2D eigenvalue weighted by Gasteiger charge is 2.44. The molecule has 0 radical (unpaired) electrons. The first-order valence-corrected chi connectivity index (χ1v) is 10.1. The van der Waals surface area contributed by atoms with Crippen molar-refractivity contribution in [3.8, 4) is 5.75 Å². The minimum atomic E-state index is -0.579. The van der Waals surface area contributed by atoms with E-state index in [0.29, 0.717) is 49.2 Å². The Morgan fingerprint density at radius 1 is 1.03 bits per heavy atom.